The lowest BCUT2D eigenvalue weighted by Gasteiger charge is -2.16. The topological polar surface area (TPSA) is 97.1 Å². The van der Waals surface area contributed by atoms with Crippen LogP contribution in [0.3, 0.4) is 0 Å². The molecule has 7 heteroatoms. The maximum atomic E-state index is 10.9. The van der Waals surface area contributed by atoms with E-state index in [1.807, 2.05) is 13.8 Å². The minimum absolute atomic E-state index is 0. The fraction of sp³-hybridized carbons (Fsp3) is 0.913. The Morgan fingerprint density at radius 2 is 1.33 bits per heavy atom. The van der Waals surface area contributed by atoms with Gasteiger partial charge in [-0.15, -0.1) is 0 Å². The number of hydrogen-bond donors (Lipinski definition) is 1. The van der Waals surface area contributed by atoms with Crippen molar-refractivity contribution in [3.05, 3.63) is 0 Å². The average Bonchev–Trinajstić information content (AvgIpc) is 2.57. The number of ether oxygens (including phenoxy) is 4. The molecular formula is C23H57NO6. The van der Waals surface area contributed by atoms with Gasteiger partial charge in [-0.05, 0) is 34.1 Å². The van der Waals surface area contributed by atoms with Gasteiger partial charge < -0.3 is 24.7 Å². The van der Waals surface area contributed by atoms with Gasteiger partial charge in [0, 0.05) is 8.03 Å². The van der Waals surface area contributed by atoms with E-state index >= 15 is 0 Å². The molecule has 0 aromatic carbocycles. The maximum Gasteiger partial charge on any atom is 0.405 e. The van der Waals surface area contributed by atoms with Crippen LogP contribution in [-0.4, -0.2) is 50.7 Å². The first-order valence-electron chi connectivity index (χ1n) is 10.0. The fourth-order valence-corrected chi connectivity index (χ4v) is 1.69. The van der Waals surface area contributed by atoms with Crippen molar-refractivity contribution < 1.29 is 30.0 Å². The number of carbonyl (C=O) groups excluding carboxylic acids is 2. The lowest BCUT2D eigenvalue weighted by molar-refractivity contribution is -0.148. The summed E-state index contributed by atoms with van der Waals surface area (Å²) in [6, 6.07) is 0. The zero-order valence-corrected chi connectivity index (χ0v) is 18.6. The maximum absolute atomic E-state index is 10.9. The number of carbonyl (C=O) groups is 2. The van der Waals surface area contributed by atoms with Crippen LogP contribution in [0.15, 0.2) is 0 Å². The predicted octanol–water partition coefficient (Wildman–Crippen LogP) is 6.61. The van der Waals surface area contributed by atoms with Crippen LogP contribution in [0.1, 0.15) is 104 Å². The minimum Gasteiger partial charge on any atom is -0.464 e. The Kier molecular flexibility index (Phi) is 46.0. The highest BCUT2D eigenvalue weighted by atomic mass is 16.6. The molecule has 0 aliphatic heterocycles. The van der Waals surface area contributed by atoms with E-state index in [2.05, 4.69) is 11.7 Å². The third kappa shape index (κ3) is 50.4. The van der Waals surface area contributed by atoms with Gasteiger partial charge in [0.15, 0.2) is 0 Å². The van der Waals surface area contributed by atoms with Gasteiger partial charge in [-0.25, -0.2) is 9.59 Å². The summed E-state index contributed by atoms with van der Waals surface area (Å²) in [5, 5.41) is 0. The molecule has 0 fully saturated rings. The molecule has 0 bridgehead atoms. The van der Waals surface area contributed by atoms with E-state index in [-0.39, 0.29) is 36.3 Å². The third-order valence-corrected chi connectivity index (χ3v) is 2.70. The molecule has 0 unspecified atom stereocenters. The van der Waals surface area contributed by atoms with Gasteiger partial charge in [0.25, 0.3) is 0 Å². The minimum atomic E-state index is -0.725. The molecule has 0 aliphatic rings. The number of amides is 1. The van der Waals surface area contributed by atoms with Gasteiger partial charge in [0.1, 0.15) is 12.2 Å². The third-order valence-electron chi connectivity index (χ3n) is 2.70. The average molecular weight is 444 g/mol. The molecule has 0 saturated carbocycles. The highest BCUT2D eigenvalue weighted by Crippen LogP contribution is 2.05. The van der Waals surface area contributed by atoms with Gasteiger partial charge in [-0.2, -0.15) is 0 Å². The Hall–Kier alpha value is -1.34. The Labute approximate surface area is 189 Å². The number of nitrogens with two attached hydrogens (primary N) is 1. The highest BCUT2D eigenvalue weighted by molar-refractivity contribution is 5.70. The second kappa shape index (κ2) is 32.3. The Bertz CT molecular complexity index is 337. The Morgan fingerprint density at radius 3 is 1.73 bits per heavy atom. The number of hydrogen-bond acceptors (Lipinski definition) is 6. The zero-order valence-electron chi connectivity index (χ0n) is 18.6. The lowest BCUT2D eigenvalue weighted by Crippen LogP contribution is -2.27. The summed E-state index contributed by atoms with van der Waals surface area (Å²) in [6.45, 7) is 15.5. The number of rotatable bonds is 12. The van der Waals surface area contributed by atoms with E-state index in [4.69, 9.17) is 19.9 Å². The summed E-state index contributed by atoms with van der Waals surface area (Å²) in [7, 11) is 0. The fourth-order valence-electron chi connectivity index (χ4n) is 1.69. The van der Waals surface area contributed by atoms with Gasteiger partial charge in [0.2, 0.25) is 0 Å². The molecule has 0 radical (unpaired) electrons. The predicted molar refractivity (Wildman–Crippen MR) is 131 cm³/mol. The molecule has 190 valence electrons. The van der Waals surface area contributed by atoms with Crippen LogP contribution in [0.25, 0.3) is 0 Å². The van der Waals surface area contributed by atoms with Crippen LogP contribution < -0.4 is 5.73 Å². The smallest absolute Gasteiger partial charge is 0.405 e. The van der Waals surface area contributed by atoms with Crippen LogP contribution in [0.5, 0.6) is 0 Å². The molecular weight excluding hydrogens is 386 g/mol. The summed E-state index contributed by atoms with van der Waals surface area (Å²) in [4.78, 5) is 20.9. The number of esters is 1. The van der Waals surface area contributed by atoms with Crippen molar-refractivity contribution in [1.29, 1.82) is 0 Å². The van der Waals surface area contributed by atoms with Crippen LogP contribution >= 0.6 is 0 Å². The van der Waals surface area contributed by atoms with Crippen molar-refractivity contribution in [3.63, 3.8) is 0 Å². The first-order chi connectivity index (χ1) is 12.7. The Balaban J connectivity index is -0.0000000711. The molecule has 0 rings (SSSR count). The quantitative estimate of drug-likeness (QED) is 0.269. The van der Waals surface area contributed by atoms with Crippen molar-refractivity contribution in [1.82, 2.24) is 0 Å². The molecule has 30 heavy (non-hydrogen) atoms. The van der Waals surface area contributed by atoms with Gasteiger partial charge in [-0.1, -0.05) is 68.7 Å². The number of primary amides is 1. The monoisotopic (exact) mass is 443 g/mol. The summed E-state index contributed by atoms with van der Waals surface area (Å²) in [6.07, 6.45) is 5.48. The van der Waals surface area contributed by atoms with Crippen LogP contribution in [0.2, 0.25) is 0 Å². The second-order valence-corrected chi connectivity index (χ2v) is 6.42. The van der Waals surface area contributed by atoms with E-state index in [1.54, 1.807) is 27.7 Å². The van der Waals surface area contributed by atoms with Crippen LogP contribution in [0.4, 0.5) is 4.79 Å². The highest BCUT2D eigenvalue weighted by Gasteiger charge is 2.12. The molecule has 0 aromatic heterocycles. The molecule has 0 spiro atoms. The molecule has 0 saturated heterocycles. The summed E-state index contributed by atoms with van der Waals surface area (Å²) in [5.74, 6) is -0.313. The summed E-state index contributed by atoms with van der Waals surface area (Å²) >= 11 is 0. The first-order valence-corrected chi connectivity index (χ1v) is 10.0. The largest absolute Gasteiger partial charge is 0.464 e. The zero-order chi connectivity index (χ0) is 21.6. The number of unbranched alkanes of at least 4 members (excludes halogenated alkanes) is 4. The first kappa shape index (κ1) is 42.7. The molecule has 7 nitrogen and oxygen atoms in total. The van der Waals surface area contributed by atoms with Crippen molar-refractivity contribution in [2.24, 2.45) is 5.73 Å². The molecule has 0 atom stereocenters. The van der Waals surface area contributed by atoms with E-state index in [0.29, 0.717) is 19.8 Å². The van der Waals surface area contributed by atoms with Gasteiger partial charge in [-0.3, -0.25) is 0 Å². The molecule has 2 N–H and O–H groups in total. The van der Waals surface area contributed by atoms with E-state index in [0.717, 1.165) is 13.0 Å². The van der Waals surface area contributed by atoms with Crippen molar-refractivity contribution >= 4 is 12.1 Å². The van der Waals surface area contributed by atoms with Gasteiger partial charge >= 0.3 is 12.1 Å². The standard InChI is InChI=1S/C13H26O4.C5H11NO2.C2H6.3CH4.H2/c1-3-5-6-7-8-9-15-10-11-16-12-13(14)17-4-2;1-5(2,3)8-4(6)7;1-2;;;;/h3-12H2,1-2H3;1-3H3,(H2,6,7);1-2H3;3*1H4;1H. The second-order valence-electron chi connectivity index (χ2n) is 6.42. The summed E-state index contributed by atoms with van der Waals surface area (Å²) < 4.78 is 19.8. The Morgan fingerprint density at radius 1 is 0.833 bits per heavy atom. The van der Waals surface area contributed by atoms with Crippen LogP contribution in [-0.2, 0) is 23.7 Å². The van der Waals surface area contributed by atoms with E-state index in [1.165, 1.54) is 25.7 Å². The molecule has 0 aliphatic carbocycles. The van der Waals surface area contributed by atoms with Crippen molar-refractivity contribution in [2.45, 2.75) is 108 Å². The molecule has 1 amide bonds. The summed E-state index contributed by atoms with van der Waals surface area (Å²) in [5.41, 5.74) is 4.26. The molecule has 0 aromatic rings. The lowest BCUT2D eigenvalue weighted by atomic mass is 10.2. The van der Waals surface area contributed by atoms with E-state index < -0.39 is 11.7 Å². The van der Waals surface area contributed by atoms with Crippen molar-refractivity contribution in [2.75, 3.05) is 33.0 Å². The normalized spacial score (nSPS) is 9.03. The van der Waals surface area contributed by atoms with Gasteiger partial charge in [0.05, 0.1) is 19.8 Å². The SMILES string of the molecule is C.C.C.CC.CC(C)(C)OC(N)=O.CCCCCCCOCCOCC(=O)OCC.[HH]. The van der Waals surface area contributed by atoms with Crippen molar-refractivity contribution in [3.8, 4) is 0 Å². The van der Waals surface area contributed by atoms with Crippen LogP contribution in [0, 0.1) is 0 Å². The molecule has 0 heterocycles. The van der Waals surface area contributed by atoms with E-state index in [9.17, 15) is 9.59 Å².